The zero-order valence-electron chi connectivity index (χ0n) is 16.1. The van der Waals surface area contributed by atoms with Gasteiger partial charge in [-0.15, -0.1) is 0 Å². The van der Waals surface area contributed by atoms with Crippen LogP contribution >= 0.6 is 0 Å². The highest BCUT2D eigenvalue weighted by Crippen LogP contribution is 2.26. The molecule has 1 saturated heterocycles. The number of benzene rings is 1. The smallest absolute Gasteiger partial charge is 0.121 e. The van der Waals surface area contributed by atoms with Crippen molar-refractivity contribution >= 4 is 5.69 Å². The van der Waals surface area contributed by atoms with E-state index in [1.807, 2.05) is 10.7 Å². The lowest BCUT2D eigenvalue weighted by Crippen LogP contribution is -2.44. The lowest BCUT2D eigenvalue weighted by Gasteiger charge is -2.39. The maximum Gasteiger partial charge on any atom is 0.121 e. The van der Waals surface area contributed by atoms with E-state index < -0.39 is 6.10 Å². The molecule has 2 N–H and O–H groups in total. The van der Waals surface area contributed by atoms with Crippen LogP contribution in [0.4, 0.5) is 5.69 Å². The molecular weight excluding hydrogens is 340 g/mol. The molecule has 2 aliphatic rings. The first-order valence-corrected chi connectivity index (χ1v) is 10.1. The Morgan fingerprint density at radius 2 is 1.96 bits per heavy atom. The van der Waals surface area contributed by atoms with Crippen molar-refractivity contribution in [2.24, 2.45) is 0 Å². The second kappa shape index (κ2) is 8.00. The quantitative estimate of drug-likeness (QED) is 0.863. The summed E-state index contributed by atoms with van der Waals surface area (Å²) < 4.78 is 2.01. The van der Waals surface area contributed by atoms with E-state index in [9.17, 15) is 10.2 Å². The van der Waals surface area contributed by atoms with Crippen molar-refractivity contribution in [2.75, 3.05) is 31.1 Å². The summed E-state index contributed by atoms with van der Waals surface area (Å²) in [6, 6.07) is 11.3. The number of piperidine rings is 1. The van der Waals surface area contributed by atoms with Crippen molar-refractivity contribution in [3.05, 3.63) is 47.3 Å². The molecule has 1 fully saturated rings. The molecule has 6 heteroatoms. The summed E-state index contributed by atoms with van der Waals surface area (Å²) in [5.41, 5.74) is 4.39. The zero-order chi connectivity index (χ0) is 18.8. The molecule has 0 radical (unpaired) electrons. The normalized spacial score (nSPS) is 20.3. The van der Waals surface area contributed by atoms with E-state index >= 15 is 0 Å². The van der Waals surface area contributed by atoms with Gasteiger partial charge in [-0.2, -0.15) is 5.10 Å². The molecule has 3 heterocycles. The SMILES string of the molecule is Cc1cccc(N2CCC(N3CCCn4nc(C(O)CO)cc4C3)CC2)c1. The lowest BCUT2D eigenvalue weighted by molar-refractivity contribution is 0.0915. The third-order valence-corrected chi connectivity index (χ3v) is 5.92. The number of hydrogen-bond donors (Lipinski definition) is 2. The maximum atomic E-state index is 9.88. The molecule has 146 valence electrons. The molecule has 27 heavy (non-hydrogen) atoms. The van der Waals surface area contributed by atoms with Gasteiger partial charge in [0, 0.05) is 44.5 Å². The summed E-state index contributed by atoms with van der Waals surface area (Å²) in [4.78, 5) is 5.09. The Bertz CT molecular complexity index is 767. The highest BCUT2D eigenvalue weighted by molar-refractivity contribution is 5.48. The van der Waals surface area contributed by atoms with Gasteiger partial charge in [0.05, 0.1) is 18.0 Å². The number of aryl methyl sites for hydroxylation is 2. The molecular formula is C21H30N4O2. The van der Waals surface area contributed by atoms with E-state index in [0.717, 1.165) is 44.8 Å². The van der Waals surface area contributed by atoms with E-state index in [0.29, 0.717) is 11.7 Å². The van der Waals surface area contributed by atoms with Crippen LogP contribution in [0.15, 0.2) is 30.3 Å². The van der Waals surface area contributed by atoms with Crippen LogP contribution in [0.5, 0.6) is 0 Å². The first-order chi connectivity index (χ1) is 13.1. The van der Waals surface area contributed by atoms with Gasteiger partial charge in [-0.3, -0.25) is 9.58 Å². The topological polar surface area (TPSA) is 64.8 Å². The van der Waals surface area contributed by atoms with Gasteiger partial charge in [-0.25, -0.2) is 0 Å². The summed E-state index contributed by atoms with van der Waals surface area (Å²) >= 11 is 0. The molecule has 0 bridgehead atoms. The maximum absolute atomic E-state index is 9.88. The fourth-order valence-corrected chi connectivity index (χ4v) is 4.39. The highest BCUT2D eigenvalue weighted by Gasteiger charge is 2.27. The Labute approximate surface area is 161 Å². The minimum absolute atomic E-state index is 0.280. The fraction of sp³-hybridized carbons (Fsp3) is 0.571. The van der Waals surface area contributed by atoms with Gasteiger partial charge < -0.3 is 15.1 Å². The third kappa shape index (κ3) is 4.03. The van der Waals surface area contributed by atoms with Gasteiger partial charge in [-0.05, 0) is 49.9 Å². The van der Waals surface area contributed by atoms with E-state index in [2.05, 4.69) is 46.1 Å². The van der Waals surface area contributed by atoms with Crippen LogP contribution in [-0.2, 0) is 13.1 Å². The van der Waals surface area contributed by atoms with Crippen molar-refractivity contribution in [2.45, 2.75) is 51.4 Å². The molecule has 1 unspecified atom stereocenters. The summed E-state index contributed by atoms with van der Waals surface area (Å²) in [6.45, 7) is 6.91. The number of anilines is 1. The Morgan fingerprint density at radius 3 is 2.70 bits per heavy atom. The van der Waals surface area contributed by atoms with Crippen LogP contribution < -0.4 is 4.90 Å². The average Bonchev–Trinajstić information content (AvgIpc) is 2.99. The fourth-order valence-electron chi connectivity index (χ4n) is 4.39. The monoisotopic (exact) mass is 370 g/mol. The molecule has 4 rings (SSSR count). The number of aromatic nitrogens is 2. The zero-order valence-corrected chi connectivity index (χ0v) is 16.1. The summed E-state index contributed by atoms with van der Waals surface area (Å²) in [5.74, 6) is 0. The number of rotatable bonds is 4. The lowest BCUT2D eigenvalue weighted by atomic mass is 10.0. The predicted molar refractivity (Wildman–Crippen MR) is 106 cm³/mol. The van der Waals surface area contributed by atoms with Crippen LogP contribution in [-0.4, -0.2) is 57.2 Å². The van der Waals surface area contributed by atoms with Gasteiger partial charge in [-0.1, -0.05) is 12.1 Å². The van der Waals surface area contributed by atoms with E-state index in [4.69, 9.17) is 0 Å². The van der Waals surface area contributed by atoms with Gasteiger partial charge in [0.15, 0.2) is 0 Å². The summed E-state index contributed by atoms with van der Waals surface area (Å²) in [6.07, 6.45) is 2.54. The molecule has 1 aromatic carbocycles. The Kier molecular flexibility index (Phi) is 5.48. The number of aliphatic hydroxyl groups is 2. The largest absolute Gasteiger partial charge is 0.393 e. The van der Waals surface area contributed by atoms with E-state index in [1.54, 1.807) is 0 Å². The van der Waals surface area contributed by atoms with Crippen LogP contribution in [0.2, 0.25) is 0 Å². The van der Waals surface area contributed by atoms with E-state index in [1.165, 1.54) is 24.1 Å². The van der Waals surface area contributed by atoms with Crippen LogP contribution in [0.3, 0.4) is 0 Å². The second-order valence-electron chi connectivity index (χ2n) is 7.86. The highest BCUT2D eigenvalue weighted by atomic mass is 16.3. The van der Waals surface area contributed by atoms with Crippen molar-refractivity contribution in [1.82, 2.24) is 14.7 Å². The van der Waals surface area contributed by atoms with Gasteiger partial charge in [0.2, 0.25) is 0 Å². The minimum Gasteiger partial charge on any atom is -0.393 e. The molecule has 0 spiro atoms. The van der Waals surface area contributed by atoms with Gasteiger partial charge in [0.1, 0.15) is 6.10 Å². The van der Waals surface area contributed by atoms with Crippen molar-refractivity contribution < 1.29 is 10.2 Å². The number of hydrogen-bond acceptors (Lipinski definition) is 5. The predicted octanol–water partition coefficient (Wildman–Crippen LogP) is 2.09. The Hall–Kier alpha value is -1.89. The van der Waals surface area contributed by atoms with Crippen molar-refractivity contribution in [3.8, 4) is 0 Å². The first-order valence-electron chi connectivity index (χ1n) is 10.1. The number of aliphatic hydroxyl groups excluding tert-OH is 2. The molecule has 2 aliphatic heterocycles. The Morgan fingerprint density at radius 1 is 1.15 bits per heavy atom. The van der Waals surface area contributed by atoms with E-state index in [-0.39, 0.29) is 6.61 Å². The van der Waals surface area contributed by atoms with Gasteiger partial charge >= 0.3 is 0 Å². The number of fused-ring (bicyclic) bond motifs is 1. The van der Waals surface area contributed by atoms with Crippen molar-refractivity contribution in [1.29, 1.82) is 0 Å². The standard InChI is InChI=1S/C21H30N4O2/c1-16-4-2-5-18(12-16)23-10-6-17(7-11-23)24-8-3-9-25-19(14-24)13-20(22-25)21(27)15-26/h2,4-5,12-13,17,21,26-27H,3,6-11,14-15H2,1H3. The average molecular weight is 370 g/mol. The number of nitrogens with zero attached hydrogens (tertiary/aromatic N) is 4. The minimum atomic E-state index is -0.879. The van der Waals surface area contributed by atoms with Gasteiger partial charge in [0.25, 0.3) is 0 Å². The molecule has 0 aliphatic carbocycles. The molecule has 2 aromatic rings. The third-order valence-electron chi connectivity index (χ3n) is 5.92. The first kappa shape index (κ1) is 18.5. The summed E-state index contributed by atoms with van der Waals surface area (Å²) in [7, 11) is 0. The molecule has 1 atom stereocenters. The van der Waals surface area contributed by atoms with Crippen LogP contribution in [0.25, 0.3) is 0 Å². The molecule has 0 amide bonds. The molecule has 1 aromatic heterocycles. The second-order valence-corrected chi connectivity index (χ2v) is 7.86. The molecule has 0 saturated carbocycles. The summed E-state index contributed by atoms with van der Waals surface area (Å²) in [5, 5.41) is 23.6. The molecule has 6 nitrogen and oxygen atoms in total. The Balaban J connectivity index is 1.40. The van der Waals surface area contributed by atoms with Crippen molar-refractivity contribution in [3.63, 3.8) is 0 Å². The van der Waals surface area contributed by atoms with Crippen LogP contribution in [0, 0.1) is 6.92 Å². The van der Waals surface area contributed by atoms with Crippen LogP contribution in [0.1, 0.15) is 42.3 Å².